The van der Waals surface area contributed by atoms with Gasteiger partial charge in [-0.25, -0.2) is 4.79 Å². The number of aliphatic hydroxyl groups is 1. The number of benzene rings is 1. The molecule has 2 atom stereocenters. The zero-order valence-electron chi connectivity index (χ0n) is 14.8. The van der Waals surface area contributed by atoms with Gasteiger partial charge in [0.05, 0.1) is 6.42 Å². The number of ether oxygens (including phenoxy) is 2. The van der Waals surface area contributed by atoms with Crippen molar-refractivity contribution < 1.29 is 24.2 Å². The van der Waals surface area contributed by atoms with Crippen LogP contribution in [0.2, 0.25) is 0 Å². The maximum absolute atomic E-state index is 11.6. The molecule has 0 aliphatic rings. The summed E-state index contributed by atoms with van der Waals surface area (Å²) in [6.07, 6.45) is -0.747. The number of carbonyl (C=O) groups excluding carboxylic acids is 2. The van der Waals surface area contributed by atoms with Crippen LogP contribution in [-0.2, 0) is 19.1 Å². The van der Waals surface area contributed by atoms with Crippen molar-refractivity contribution in [2.24, 2.45) is 0 Å². The first-order valence-electron chi connectivity index (χ1n) is 8.19. The van der Waals surface area contributed by atoms with Crippen molar-refractivity contribution in [1.29, 1.82) is 0 Å². The van der Waals surface area contributed by atoms with Crippen LogP contribution >= 0.6 is 11.8 Å². The summed E-state index contributed by atoms with van der Waals surface area (Å²) in [5.74, 6) is 1.07. The van der Waals surface area contributed by atoms with Crippen LogP contribution in [0.3, 0.4) is 0 Å². The highest BCUT2D eigenvalue weighted by Gasteiger charge is 2.12. The summed E-state index contributed by atoms with van der Waals surface area (Å²) in [7, 11) is 0. The van der Waals surface area contributed by atoms with E-state index in [2.05, 4.69) is 25.6 Å². The Morgan fingerprint density at radius 2 is 1.84 bits per heavy atom. The van der Waals surface area contributed by atoms with Gasteiger partial charge in [0.1, 0.15) is 19.3 Å². The highest BCUT2D eigenvalue weighted by Crippen LogP contribution is 2.20. The summed E-state index contributed by atoms with van der Waals surface area (Å²) >= 11 is 1.69. The first-order valence-corrected chi connectivity index (χ1v) is 9.34. The summed E-state index contributed by atoms with van der Waals surface area (Å²) < 4.78 is 9.75. The van der Waals surface area contributed by atoms with E-state index in [0.29, 0.717) is 11.7 Å². The molecule has 0 saturated heterocycles. The second kappa shape index (κ2) is 11.7. The first-order chi connectivity index (χ1) is 11.9. The van der Waals surface area contributed by atoms with Gasteiger partial charge >= 0.3 is 11.9 Å². The second-order valence-electron chi connectivity index (χ2n) is 5.85. The molecular formula is C19H26O5S. The summed E-state index contributed by atoms with van der Waals surface area (Å²) in [5, 5.41) is 9.61. The molecule has 0 bridgehead atoms. The Hall–Kier alpha value is -1.79. The van der Waals surface area contributed by atoms with Crippen molar-refractivity contribution in [3.05, 3.63) is 48.0 Å². The van der Waals surface area contributed by atoms with Gasteiger partial charge in [-0.3, -0.25) is 4.79 Å². The molecule has 6 heteroatoms. The van der Waals surface area contributed by atoms with Crippen LogP contribution in [0, 0.1) is 0 Å². The number of carbonyl (C=O) groups is 2. The van der Waals surface area contributed by atoms with Crippen LogP contribution in [-0.4, -0.2) is 47.9 Å². The molecule has 0 amide bonds. The molecule has 0 fully saturated rings. The number of hydrogen-bond donors (Lipinski definition) is 1. The van der Waals surface area contributed by atoms with E-state index in [1.807, 2.05) is 18.2 Å². The number of rotatable bonds is 11. The lowest BCUT2D eigenvalue weighted by atomic mass is 10.0. The van der Waals surface area contributed by atoms with Crippen molar-refractivity contribution in [3.63, 3.8) is 0 Å². The van der Waals surface area contributed by atoms with E-state index in [1.54, 1.807) is 11.8 Å². The fourth-order valence-electron chi connectivity index (χ4n) is 1.90. The Morgan fingerprint density at radius 1 is 1.20 bits per heavy atom. The number of thioether (sulfide) groups is 1. The Bertz CT molecular complexity index is 558. The second-order valence-corrected chi connectivity index (χ2v) is 7.00. The molecule has 0 spiro atoms. The standard InChI is InChI=1S/C19H26O5S/c1-14(2)19(22)24-12-17(20)11-23-18(21)9-10-25-13-15(3)16-7-5-4-6-8-16/h4-8,15,17,20H,1,9-13H2,2-3H3. The molecule has 1 N–H and O–H groups in total. The van der Waals surface area contributed by atoms with Gasteiger partial charge in [0.15, 0.2) is 0 Å². The largest absolute Gasteiger partial charge is 0.463 e. The van der Waals surface area contributed by atoms with E-state index in [1.165, 1.54) is 12.5 Å². The SMILES string of the molecule is C=C(C)C(=O)OCC(O)COC(=O)CCSCC(C)c1ccccc1. The highest BCUT2D eigenvalue weighted by molar-refractivity contribution is 7.99. The number of hydrogen-bond acceptors (Lipinski definition) is 6. The average Bonchev–Trinajstić information content (AvgIpc) is 2.61. The quantitative estimate of drug-likeness (QED) is 0.369. The minimum Gasteiger partial charge on any atom is -0.463 e. The van der Waals surface area contributed by atoms with E-state index >= 15 is 0 Å². The Balaban J connectivity index is 2.10. The normalized spacial score (nSPS) is 12.9. The van der Waals surface area contributed by atoms with Gasteiger partial charge in [-0.1, -0.05) is 43.8 Å². The van der Waals surface area contributed by atoms with Crippen LogP contribution in [0.25, 0.3) is 0 Å². The van der Waals surface area contributed by atoms with Gasteiger partial charge in [-0.05, 0) is 24.2 Å². The molecule has 0 aliphatic heterocycles. The van der Waals surface area contributed by atoms with Crippen LogP contribution < -0.4 is 0 Å². The van der Waals surface area contributed by atoms with Crippen molar-refractivity contribution >= 4 is 23.7 Å². The molecule has 1 rings (SSSR count). The molecule has 0 radical (unpaired) electrons. The maximum atomic E-state index is 11.6. The summed E-state index contributed by atoms with van der Waals surface area (Å²) in [5.41, 5.74) is 1.54. The summed E-state index contributed by atoms with van der Waals surface area (Å²) in [6.45, 7) is 6.70. The predicted molar refractivity (Wildman–Crippen MR) is 99.5 cm³/mol. The summed E-state index contributed by atoms with van der Waals surface area (Å²) in [6, 6.07) is 10.2. The monoisotopic (exact) mass is 366 g/mol. The average molecular weight is 366 g/mol. The molecule has 138 valence electrons. The van der Waals surface area contributed by atoms with Crippen molar-refractivity contribution in [3.8, 4) is 0 Å². The highest BCUT2D eigenvalue weighted by atomic mass is 32.2. The van der Waals surface area contributed by atoms with E-state index in [0.717, 1.165) is 5.75 Å². The predicted octanol–water partition coefficient (Wildman–Crippen LogP) is 2.94. The topological polar surface area (TPSA) is 72.8 Å². The smallest absolute Gasteiger partial charge is 0.333 e. The van der Waals surface area contributed by atoms with Gasteiger partial charge in [0.25, 0.3) is 0 Å². The molecule has 5 nitrogen and oxygen atoms in total. The Kier molecular flexibility index (Phi) is 9.96. The molecule has 0 heterocycles. The molecule has 1 aromatic carbocycles. The Labute approximate surface area is 153 Å². The number of aliphatic hydroxyl groups excluding tert-OH is 1. The van der Waals surface area contributed by atoms with E-state index in [-0.39, 0.29) is 31.2 Å². The van der Waals surface area contributed by atoms with E-state index < -0.39 is 12.1 Å². The van der Waals surface area contributed by atoms with E-state index in [9.17, 15) is 14.7 Å². The van der Waals surface area contributed by atoms with Gasteiger partial charge in [-0.2, -0.15) is 11.8 Å². The molecular weight excluding hydrogens is 340 g/mol. The molecule has 0 aromatic heterocycles. The molecule has 0 aliphatic carbocycles. The van der Waals surface area contributed by atoms with Crippen molar-refractivity contribution in [1.82, 2.24) is 0 Å². The van der Waals surface area contributed by atoms with E-state index in [4.69, 9.17) is 9.47 Å². The fourth-order valence-corrected chi connectivity index (χ4v) is 2.92. The first kappa shape index (κ1) is 21.3. The van der Waals surface area contributed by atoms with Gasteiger partial charge in [-0.15, -0.1) is 0 Å². The van der Waals surface area contributed by atoms with Gasteiger partial charge in [0, 0.05) is 11.3 Å². The third-order valence-corrected chi connectivity index (χ3v) is 4.61. The molecule has 2 unspecified atom stereocenters. The molecule has 0 saturated carbocycles. The zero-order valence-corrected chi connectivity index (χ0v) is 15.6. The van der Waals surface area contributed by atoms with Crippen molar-refractivity contribution in [2.45, 2.75) is 32.3 Å². The Morgan fingerprint density at radius 3 is 2.48 bits per heavy atom. The fraction of sp³-hybridized carbons (Fsp3) is 0.474. The minimum atomic E-state index is -1.03. The lowest BCUT2D eigenvalue weighted by Crippen LogP contribution is -2.25. The number of esters is 2. The van der Waals surface area contributed by atoms with Crippen molar-refractivity contribution in [2.75, 3.05) is 24.7 Å². The van der Waals surface area contributed by atoms with Crippen LogP contribution in [0.1, 0.15) is 31.7 Å². The van der Waals surface area contributed by atoms with Gasteiger partial charge < -0.3 is 14.6 Å². The molecule has 1 aromatic rings. The van der Waals surface area contributed by atoms with Crippen LogP contribution in [0.15, 0.2) is 42.5 Å². The van der Waals surface area contributed by atoms with Crippen LogP contribution in [0.5, 0.6) is 0 Å². The van der Waals surface area contributed by atoms with Crippen LogP contribution in [0.4, 0.5) is 0 Å². The van der Waals surface area contributed by atoms with Gasteiger partial charge in [0.2, 0.25) is 0 Å². The third-order valence-electron chi connectivity index (χ3n) is 3.38. The zero-order chi connectivity index (χ0) is 18.7. The third kappa shape index (κ3) is 9.31. The maximum Gasteiger partial charge on any atom is 0.333 e. The summed E-state index contributed by atoms with van der Waals surface area (Å²) in [4.78, 5) is 22.8. The minimum absolute atomic E-state index is 0.187. The molecule has 25 heavy (non-hydrogen) atoms. The lowest BCUT2D eigenvalue weighted by molar-refractivity contribution is -0.150. The lowest BCUT2D eigenvalue weighted by Gasteiger charge is -2.13.